The Balaban J connectivity index is 1.74. The van der Waals surface area contributed by atoms with Gasteiger partial charge in [-0.1, -0.05) is 23.8 Å². The minimum absolute atomic E-state index is 0.0203. The van der Waals surface area contributed by atoms with Crippen molar-refractivity contribution in [1.29, 1.82) is 0 Å². The molecule has 0 aliphatic carbocycles. The second-order valence-corrected chi connectivity index (χ2v) is 6.77. The second kappa shape index (κ2) is 7.27. The fraction of sp³-hybridized carbons (Fsp3) is 0.136. The summed E-state index contributed by atoms with van der Waals surface area (Å²) in [6.45, 7) is 3.76. The standard InChI is InChI=1S/C22H20N4O3/c1-13-7-9-16(10-8-13)26-21-19(14(2)25-26)20(27)18(12-23-21)22(28)24-15-5-4-6-17(11-15)29-3/h4-12H,1-3H3,(H,23,27)(H,24,28). The monoisotopic (exact) mass is 388 g/mol. The van der Waals surface area contributed by atoms with E-state index in [1.165, 1.54) is 6.20 Å². The van der Waals surface area contributed by atoms with Crippen molar-refractivity contribution in [3.05, 3.63) is 81.8 Å². The van der Waals surface area contributed by atoms with Gasteiger partial charge in [-0.2, -0.15) is 5.10 Å². The molecule has 4 rings (SSSR count). The quantitative estimate of drug-likeness (QED) is 0.559. The van der Waals surface area contributed by atoms with E-state index in [-0.39, 0.29) is 11.0 Å². The van der Waals surface area contributed by atoms with Crippen LogP contribution in [-0.4, -0.2) is 27.8 Å². The Morgan fingerprint density at radius 1 is 1.14 bits per heavy atom. The Morgan fingerprint density at radius 3 is 2.62 bits per heavy atom. The average molecular weight is 388 g/mol. The zero-order valence-electron chi connectivity index (χ0n) is 16.3. The summed E-state index contributed by atoms with van der Waals surface area (Å²) in [5.41, 5.74) is 3.26. The molecule has 146 valence electrons. The van der Waals surface area contributed by atoms with E-state index in [9.17, 15) is 9.59 Å². The van der Waals surface area contributed by atoms with Gasteiger partial charge >= 0.3 is 0 Å². The van der Waals surface area contributed by atoms with Gasteiger partial charge in [-0.05, 0) is 38.1 Å². The highest BCUT2D eigenvalue weighted by atomic mass is 16.5. The van der Waals surface area contributed by atoms with Crippen LogP contribution in [0.5, 0.6) is 5.75 Å². The van der Waals surface area contributed by atoms with Crippen molar-refractivity contribution >= 4 is 22.6 Å². The number of aryl methyl sites for hydroxylation is 2. The molecule has 29 heavy (non-hydrogen) atoms. The third-order valence-electron chi connectivity index (χ3n) is 4.74. The minimum atomic E-state index is -0.496. The van der Waals surface area contributed by atoms with Gasteiger partial charge in [0, 0.05) is 18.0 Å². The third-order valence-corrected chi connectivity index (χ3v) is 4.74. The van der Waals surface area contributed by atoms with Crippen LogP contribution in [0, 0.1) is 13.8 Å². The summed E-state index contributed by atoms with van der Waals surface area (Å²) in [6.07, 6.45) is 1.42. The van der Waals surface area contributed by atoms with Gasteiger partial charge in [-0.3, -0.25) is 9.59 Å². The van der Waals surface area contributed by atoms with Gasteiger partial charge in [0.15, 0.2) is 0 Å². The van der Waals surface area contributed by atoms with Crippen LogP contribution in [0.3, 0.4) is 0 Å². The Morgan fingerprint density at radius 2 is 1.90 bits per heavy atom. The van der Waals surface area contributed by atoms with Crippen molar-refractivity contribution in [1.82, 2.24) is 14.8 Å². The number of H-pyrrole nitrogens is 1. The summed E-state index contributed by atoms with van der Waals surface area (Å²) in [4.78, 5) is 28.8. The van der Waals surface area contributed by atoms with E-state index >= 15 is 0 Å². The maximum Gasteiger partial charge on any atom is 0.261 e. The average Bonchev–Trinajstić information content (AvgIpc) is 3.06. The number of ether oxygens (including phenoxy) is 1. The first-order chi connectivity index (χ1) is 14.0. The van der Waals surface area contributed by atoms with Crippen molar-refractivity contribution in [3.8, 4) is 11.4 Å². The van der Waals surface area contributed by atoms with Gasteiger partial charge in [0.1, 0.15) is 17.0 Å². The number of carbonyl (C=O) groups excluding carboxylic acids is 1. The van der Waals surface area contributed by atoms with Crippen molar-refractivity contribution in [2.75, 3.05) is 12.4 Å². The molecule has 0 fully saturated rings. The van der Waals surface area contributed by atoms with E-state index in [2.05, 4.69) is 15.4 Å². The normalized spacial score (nSPS) is 10.9. The zero-order valence-corrected chi connectivity index (χ0v) is 16.3. The first kappa shape index (κ1) is 18.5. The van der Waals surface area contributed by atoms with E-state index in [4.69, 9.17) is 4.74 Å². The molecule has 0 aliphatic rings. The molecular weight excluding hydrogens is 368 g/mol. The third kappa shape index (κ3) is 3.38. The summed E-state index contributed by atoms with van der Waals surface area (Å²) in [5, 5.41) is 7.62. The highest BCUT2D eigenvalue weighted by Crippen LogP contribution is 2.20. The first-order valence-electron chi connectivity index (χ1n) is 9.11. The van der Waals surface area contributed by atoms with Crippen LogP contribution >= 0.6 is 0 Å². The van der Waals surface area contributed by atoms with Gasteiger partial charge in [0.05, 0.1) is 23.9 Å². The largest absolute Gasteiger partial charge is 0.497 e. The van der Waals surface area contributed by atoms with Crippen LogP contribution in [0.1, 0.15) is 21.6 Å². The number of nitrogens with one attached hydrogen (secondary N) is 2. The maximum absolute atomic E-state index is 13.0. The van der Waals surface area contributed by atoms with E-state index in [0.29, 0.717) is 28.2 Å². The number of hydrogen-bond acceptors (Lipinski definition) is 4. The summed E-state index contributed by atoms with van der Waals surface area (Å²) < 4.78 is 6.84. The summed E-state index contributed by atoms with van der Waals surface area (Å²) in [7, 11) is 1.55. The molecule has 7 heteroatoms. The SMILES string of the molecule is COc1cccc(NC(=O)c2c[nH]c3c(c(C)nn3-c3ccc(C)cc3)c2=O)c1. The number of rotatable bonds is 4. The van der Waals surface area contributed by atoms with Crippen molar-refractivity contribution in [2.45, 2.75) is 13.8 Å². The molecule has 0 radical (unpaired) electrons. The van der Waals surface area contributed by atoms with E-state index in [0.717, 1.165) is 11.3 Å². The van der Waals surface area contributed by atoms with Crippen LogP contribution in [0.25, 0.3) is 16.7 Å². The molecule has 0 bridgehead atoms. The highest BCUT2D eigenvalue weighted by molar-refractivity contribution is 6.05. The van der Waals surface area contributed by atoms with Gasteiger partial charge in [-0.15, -0.1) is 0 Å². The molecule has 2 aromatic carbocycles. The second-order valence-electron chi connectivity index (χ2n) is 6.77. The van der Waals surface area contributed by atoms with Crippen molar-refractivity contribution in [2.24, 2.45) is 0 Å². The first-order valence-corrected chi connectivity index (χ1v) is 9.11. The smallest absolute Gasteiger partial charge is 0.261 e. The lowest BCUT2D eigenvalue weighted by Gasteiger charge is -2.07. The highest BCUT2D eigenvalue weighted by Gasteiger charge is 2.19. The molecule has 2 aromatic heterocycles. The van der Waals surface area contributed by atoms with E-state index < -0.39 is 5.91 Å². The fourth-order valence-corrected chi connectivity index (χ4v) is 3.21. The molecule has 0 unspecified atom stereocenters. The number of benzene rings is 2. The Hall–Kier alpha value is -3.87. The zero-order chi connectivity index (χ0) is 20.5. The molecule has 0 aliphatic heterocycles. The van der Waals surface area contributed by atoms with Crippen LogP contribution in [0.2, 0.25) is 0 Å². The molecule has 0 atom stereocenters. The number of aromatic nitrogens is 3. The minimum Gasteiger partial charge on any atom is -0.497 e. The topological polar surface area (TPSA) is 89.0 Å². The van der Waals surface area contributed by atoms with Crippen molar-refractivity contribution in [3.63, 3.8) is 0 Å². The summed E-state index contributed by atoms with van der Waals surface area (Å²) in [6, 6.07) is 14.8. The lowest BCUT2D eigenvalue weighted by Crippen LogP contribution is -2.22. The fourth-order valence-electron chi connectivity index (χ4n) is 3.21. The number of carbonyl (C=O) groups is 1. The lowest BCUT2D eigenvalue weighted by molar-refractivity contribution is 0.102. The predicted octanol–water partition coefficient (Wildman–Crippen LogP) is 3.59. The number of pyridine rings is 1. The number of fused-ring (bicyclic) bond motifs is 1. The molecule has 2 N–H and O–H groups in total. The van der Waals surface area contributed by atoms with Crippen LogP contribution < -0.4 is 15.5 Å². The lowest BCUT2D eigenvalue weighted by atomic mass is 10.1. The Labute approximate surface area is 167 Å². The van der Waals surface area contributed by atoms with Crippen LogP contribution in [0.15, 0.2) is 59.5 Å². The number of aromatic amines is 1. The summed E-state index contributed by atoms with van der Waals surface area (Å²) in [5.74, 6) is 0.117. The van der Waals surface area contributed by atoms with Crippen LogP contribution in [0.4, 0.5) is 5.69 Å². The molecule has 4 aromatic rings. The Bertz CT molecular complexity index is 1270. The van der Waals surface area contributed by atoms with E-state index in [1.54, 1.807) is 43.0 Å². The molecule has 2 heterocycles. The van der Waals surface area contributed by atoms with Gasteiger partial charge in [0.2, 0.25) is 5.43 Å². The Kier molecular flexibility index (Phi) is 4.64. The number of amides is 1. The number of anilines is 1. The number of nitrogens with zero attached hydrogens (tertiary/aromatic N) is 2. The maximum atomic E-state index is 13.0. The predicted molar refractivity (Wildman–Crippen MR) is 112 cm³/mol. The van der Waals surface area contributed by atoms with Crippen molar-refractivity contribution < 1.29 is 9.53 Å². The molecular formula is C22H20N4O3. The molecule has 0 saturated heterocycles. The van der Waals surface area contributed by atoms with Gasteiger partial charge < -0.3 is 15.0 Å². The molecule has 7 nitrogen and oxygen atoms in total. The number of methoxy groups -OCH3 is 1. The van der Waals surface area contributed by atoms with Gasteiger partial charge in [-0.25, -0.2) is 4.68 Å². The number of hydrogen-bond donors (Lipinski definition) is 2. The van der Waals surface area contributed by atoms with Crippen LogP contribution in [-0.2, 0) is 0 Å². The molecule has 0 saturated carbocycles. The van der Waals surface area contributed by atoms with Gasteiger partial charge in [0.25, 0.3) is 5.91 Å². The molecule has 0 spiro atoms. The summed E-state index contributed by atoms with van der Waals surface area (Å²) >= 11 is 0. The van der Waals surface area contributed by atoms with E-state index in [1.807, 2.05) is 31.2 Å². The molecule has 1 amide bonds.